The van der Waals surface area contributed by atoms with Crippen LogP contribution in [0.4, 0.5) is 0 Å². The molecule has 0 fully saturated rings. The second-order valence-corrected chi connectivity index (χ2v) is 9.26. The Hall–Kier alpha value is -3.48. The average Bonchev–Trinajstić information content (AvgIpc) is 2.85. The van der Waals surface area contributed by atoms with Crippen LogP contribution in [0.1, 0.15) is 29.4 Å². The number of aromatic nitrogens is 2. The zero-order chi connectivity index (χ0) is 24.9. The van der Waals surface area contributed by atoms with Gasteiger partial charge in [0.1, 0.15) is 12.4 Å². The monoisotopic (exact) mass is 594 g/mol. The molecule has 0 N–H and O–H groups in total. The van der Waals surface area contributed by atoms with Crippen LogP contribution in [0.2, 0.25) is 0 Å². The number of nitriles is 1. The number of ether oxygens (including phenoxy) is 2. The van der Waals surface area contributed by atoms with Gasteiger partial charge < -0.3 is 9.47 Å². The van der Waals surface area contributed by atoms with Crippen molar-refractivity contribution in [3.05, 3.63) is 96.4 Å². The minimum atomic E-state index is -0.262. The first kappa shape index (κ1) is 24.6. The first-order valence-electron chi connectivity index (χ1n) is 10.7. The van der Waals surface area contributed by atoms with Crippen molar-refractivity contribution in [2.75, 3.05) is 6.61 Å². The molecule has 1 aromatic heterocycles. The van der Waals surface area contributed by atoms with Gasteiger partial charge in [-0.15, -0.1) is 0 Å². The van der Waals surface area contributed by atoms with E-state index in [2.05, 4.69) is 48.0 Å². The summed E-state index contributed by atoms with van der Waals surface area (Å²) in [7, 11) is 0. The molecular formula is C26H20Br2N4O3. The number of nitrogens with zero attached hydrogens (tertiary/aromatic N) is 4. The minimum Gasteiger partial charge on any atom is -0.490 e. The smallest absolute Gasteiger partial charge is 0.282 e. The van der Waals surface area contributed by atoms with Crippen LogP contribution >= 0.6 is 31.9 Å². The van der Waals surface area contributed by atoms with Crippen LogP contribution in [0, 0.1) is 18.3 Å². The highest BCUT2D eigenvalue weighted by Gasteiger charge is 2.13. The van der Waals surface area contributed by atoms with Crippen molar-refractivity contribution in [1.82, 2.24) is 9.66 Å². The molecule has 176 valence electrons. The molecule has 0 radical (unpaired) electrons. The van der Waals surface area contributed by atoms with Gasteiger partial charge in [0.2, 0.25) is 0 Å². The third-order valence-corrected chi connectivity index (χ3v) is 6.35. The lowest BCUT2D eigenvalue weighted by Gasteiger charge is -2.14. The fourth-order valence-corrected chi connectivity index (χ4v) is 4.24. The van der Waals surface area contributed by atoms with Crippen LogP contribution in [0.5, 0.6) is 11.5 Å². The molecule has 0 atom stereocenters. The average molecular weight is 596 g/mol. The summed E-state index contributed by atoms with van der Waals surface area (Å²) in [5, 5.41) is 14.2. The van der Waals surface area contributed by atoms with E-state index in [1.54, 1.807) is 43.5 Å². The van der Waals surface area contributed by atoms with E-state index >= 15 is 0 Å². The number of hydrogen-bond acceptors (Lipinski definition) is 6. The van der Waals surface area contributed by atoms with Crippen molar-refractivity contribution in [3.63, 3.8) is 0 Å². The van der Waals surface area contributed by atoms with Gasteiger partial charge in [-0.1, -0.05) is 34.1 Å². The van der Waals surface area contributed by atoms with Gasteiger partial charge in [-0.05, 0) is 66.2 Å². The molecule has 0 bridgehead atoms. The number of fused-ring (bicyclic) bond motifs is 1. The van der Waals surface area contributed by atoms with Gasteiger partial charge in [-0.25, -0.2) is 4.98 Å². The number of aryl methyl sites for hydroxylation is 1. The second kappa shape index (κ2) is 10.8. The molecule has 9 heteroatoms. The lowest BCUT2D eigenvalue weighted by molar-refractivity contribution is 0.269. The SMILES string of the molecule is CCOc1cc(C=Nn2c(C)nc3ccc(Br)cc3c2=O)c(Br)cc1OCc1ccccc1C#N. The molecule has 0 spiro atoms. The van der Waals surface area contributed by atoms with Gasteiger partial charge in [-0.3, -0.25) is 4.79 Å². The van der Waals surface area contributed by atoms with E-state index in [0.717, 1.165) is 10.0 Å². The van der Waals surface area contributed by atoms with E-state index < -0.39 is 0 Å². The summed E-state index contributed by atoms with van der Waals surface area (Å²) >= 11 is 6.96. The molecule has 1 heterocycles. The maximum Gasteiger partial charge on any atom is 0.282 e. The third-order valence-electron chi connectivity index (χ3n) is 5.17. The topological polar surface area (TPSA) is 89.5 Å². The summed E-state index contributed by atoms with van der Waals surface area (Å²) in [5.74, 6) is 1.52. The summed E-state index contributed by atoms with van der Waals surface area (Å²) < 4.78 is 14.5. The van der Waals surface area contributed by atoms with E-state index in [9.17, 15) is 10.1 Å². The summed E-state index contributed by atoms with van der Waals surface area (Å²) in [6, 6.07) is 18.4. The fraction of sp³-hybridized carbons (Fsp3) is 0.154. The molecule has 7 nitrogen and oxygen atoms in total. The highest BCUT2D eigenvalue weighted by atomic mass is 79.9. The Balaban J connectivity index is 1.67. The Morgan fingerprint density at radius 2 is 1.89 bits per heavy atom. The Bertz CT molecular complexity index is 1540. The molecule has 0 aliphatic carbocycles. The molecule has 0 aliphatic rings. The number of hydrogen-bond donors (Lipinski definition) is 0. The van der Waals surface area contributed by atoms with Crippen LogP contribution in [0.25, 0.3) is 10.9 Å². The minimum absolute atomic E-state index is 0.219. The molecular weight excluding hydrogens is 576 g/mol. The van der Waals surface area contributed by atoms with Crippen molar-refractivity contribution in [2.24, 2.45) is 5.10 Å². The van der Waals surface area contributed by atoms with Crippen molar-refractivity contribution in [2.45, 2.75) is 20.5 Å². The predicted octanol–water partition coefficient (Wildman–Crippen LogP) is 5.96. The zero-order valence-corrected chi connectivity index (χ0v) is 22.1. The first-order chi connectivity index (χ1) is 16.9. The van der Waals surface area contributed by atoms with Crippen molar-refractivity contribution >= 4 is 49.0 Å². The van der Waals surface area contributed by atoms with E-state index in [4.69, 9.17) is 9.47 Å². The lowest BCUT2D eigenvalue weighted by atomic mass is 10.1. The van der Waals surface area contributed by atoms with Crippen LogP contribution in [-0.2, 0) is 6.61 Å². The van der Waals surface area contributed by atoms with Gasteiger partial charge in [0.25, 0.3) is 5.56 Å². The molecule has 4 rings (SSSR count). The molecule has 0 unspecified atom stereocenters. The molecule has 4 aromatic rings. The highest BCUT2D eigenvalue weighted by Crippen LogP contribution is 2.34. The molecule has 0 amide bonds. The fourth-order valence-electron chi connectivity index (χ4n) is 3.46. The molecule has 35 heavy (non-hydrogen) atoms. The number of benzene rings is 3. The maximum absolute atomic E-state index is 13.0. The normalized spacial score (nSPS) is 11.1. The molecule has 0 saturated heterocycles. The third kappa shape index (κ3) is 5.45. The molecule has 0 saturated carbocycles. The van der Waals surface area contributed by atoms with E-state index in [1.807, 2.05) is 31.2 Å². The summed E-state index contributed by atoms with van der Waals surface area (Å²) in [6.07, 6.45) is 1.57. The maximum atomic E-state index is 13.0. The summed E-state index contributed by atoms with van der Waals surface area (Å²) in [5.41, 5.74) is 2.39. The van der Waals surface area contributed by atoms with Gasteiger partial charge in [0.05, 0.1) is 35.4 Å². The van der Waals surface area contributed by atoms with Gasteiger partial charge >= 0.3 is 0 Å². The Morgan fingerprint density at radius 1 is 1.11 bits per heavy atom. The van der Waals surface area contributed by atoms with Crippen molar-refractivity contribution in [1.29, 1.82) is 5.26 Å². The van der Waals surface area contributed by atoms with Crippen LogP contribution < -0.4 is 15.0 Å². The van der Waals surface area contributed by atoms with Gasteiger partial charge in [-0.2, -0.15) is 15.0 Å². The molecule has 3 aromatic carbocycles. The standard InChI is InChI=1S/C26H20Br2N4O3/c1-3-34-24-10-19(22(28)12-25(24)35-15-18-7-5-4-6-17(18)13-29)14-30-32-16(2)31-23-9-8-20(27)11-21(23)26(32)33/h4-12,14H,3,15H2,1-2H3. The Labute approximate surface area is 218 Å². The number of rotatable bonds is 7. The first-order valence-corrected chi connectivity index (χ1v) is 12.3. The highest BCUT2D eigenvalue weighted by molar-refractivity contribution is 9.10. The second-order valence-electron chi connectivity index (χ2n) is 7.49. The Kier molecular flexibility index (Phi) is 7.63. The summed E-state index contributed by atoms with van der Waals surface area (Å²) in [6.45, 7) is 4.27. The van der Waals surface area contributed by atoms with E-state index in [0.29, 0.717) is 50.4 Å². The van der Waals surface area contributed by atoms with Crippen LogP contribution in [0.3, 0.4) is 0 Å². The quantitative estimate of drug-likeness (QED) is 0.246. The number of halogens is 2. The van der Waals surface area contributed by atoms with E-state index in [-0.39, 0.29) is 12.2 Å². The molecule has 0 aliphatic heterocycles. The Morgan fingerprint density at radius 3 is 2.66 bits per heavy atom. The summed E-state index contributed by atoms with van der Waals surface area (Å²) in [4.78, 5) is 17.5. The van der Waals surface area contributed by atoms with Gasteiger partial charge in [0, 0.05) is 20.1 Å². The van der Waals surface area contributed by atoms with Gasteiger partial charge in [0.15, 0.2) is 11.5 Å². The predicted molar refractivity (Wildman–Crippen MR) is 142 cm³/mol. The van der Waals surface area contributed by atoms with Crippen LogP contribution in [-0.4, -0.2) is 22.5 Å². The zero-order valence-electron chi connectivity index (χ0n) is 19.0. The largest absolute Gasteiger partial charge is 0.490 e. The van der Waals surface area contributed by atoms with Crippen molar-refractivity contribution in [3.8, 4) is 17.6 Å². The lowest BCUT2D eigenvalue weighted by Crippen LogP contribution is -2.20. The van der Waals surface area contributed by atoms with Crippen LogP contribution in [0.15, 0.2) is 73.4 Å². The van der Waals surface area contributed by atoms with Crippen molar-refractivity contribution < 1.29 is 9.47 Å². The van der Waals surface area contributed by atoms with E-state index in [1.165, 1.54) is 4.68 Å².